The van der Waals surface area contributed by atoms with Crippen molar-refractivity contribution in [1.29, 1.82) is 0 Å². The maximum absolute atomic E-state index is 4.94. The number of rotatable bonds is 5. The summed E-state index contributed by atoms with van der Waals surface area (Å²) >= 11 is 0. The average molecular weight is 421 g/mol. The van der Waals surface area contributed by atoms with E-state index in [9.17, 15) is 0 Å². The summed E-state index contributed by atoms with van der Waals surface area (Å²) in [4.78, 5) is 23.4. The highest BCUT2D eigenvalue weighted by Crippen LogP contribution is 2.30. The summed E-state index contributed by atoms with van der Waals surface area (Å²) in [5.41, 5.74) is 3.74. The first-order chi connectivity index (χ1) is 15.2. The molecule has 0 atom stereocenters. The van der Waals surface area contributed by atoms with Crippen molar-refractivity contribution in [2.24, 2.45) is 0 Å². The van der Waals surface area contributed by atoms with Crippen LogP contribution in [0, 0.1) is 0 Å². The monoisotopic (exact) mass is 420 g/mol. The lowest BCUT2D eigenvalue weighted by atomic mass is 10.0. The Labute approximate surface area is 183 Å². The van der Waals surface area contributed by atoms with Gasteiger partial charge in [0.1, 0.15) is 17.7 Å². The van der Waals surface area contributed by atoms with Crippen molar-refractivity contribution in [3.63, 3.8) is 0 Å². The van der Waals surface area contributed by atoms with Crippen molar-refractivity contribution >= 4 is 28.0 Å². The van der Waals surface area contributed by atoms with Gasteiger partial charge in [-0.15, -0.1) is 0 Å². The van der Waals surface area contributed by atoms with Gasteiger partial charge < -0.3 is 19.8 Å². The van der Waals surface area contributed by atoms with E-state index in [1.165, 1.54) is 11.8 Å². The number of imidazole rings is 2. The molecule has 0 amide bonds. The van der Waals surface area contributed by atoms with E-state index in [1.54, 1.807) is 6.33 Å². The fourth-order valence-electron chi connectivity index (χ4n) is 4.35. The second kappa shape index (κ2) is 9.43. The predicted molar refractivity (Wildman–Crippen MR) is 125 cm³/mol. The van der Waals surface area contributed by atoms with Crippen LogP contribution >= 0.6 is 0 Å². The lowest BCUT2D eigenvalue weighted by molar-refractivity contribution is 0.152. The first kappa shape index (κ1) is 21.2. The Morgan fingerprint density at radius 3 is 2.65 bits per heavy atom. The zero-order valence-corrected chi connectivity index (χ0v) is 18.8. The van der Waals surface area contributed by atoms with Crippen molar-refractivity contribution in [3.05, 3.63) is 42.7 Å². The van der Waals surface area contributed by atoms with Gasteiger partial charge in [-0.1, -0.05) is 26.0 Å². The summed E-state index contributed by atoms with van der Waals surface area (Å²) in [6.07, 6.45) is 5.46. The van der Waals surface area contributed by atoms with Crippen LogP contribution < -0.4 is 5.32 Å². The van der Waals surface area contributed by atoms with Crippen LogP contribution in [0.4, 0.5) is 5.82 Å². The molecule has 4 aromatic rings. The second-order valence-electron chi connectivity index (χ2n) is 7.92. The fourth-order valence-corrected chi connectivity index (χ4v) is 4.35. The maximum atomic E-state index is 4.94. The van der Waals surface area contributed by atoms with E-state index >= 15 is 0 Å². The number of aromatic nitrogens is 6. The number of anilines is 1. The molecular formula is C23H32N8. The van der Waals surface area contributed by atoms with E-state index in [0.29, 0.717) is 24.3 Å². The third-order valence-electron chi connectivity index (χ3n) is 5.90. The largest absolute Gasteiger partial charge is 0.361 e. The molecule has 0 bridgehead atoms. The van der Waals surface area contributed by atoms with Crippen molar-refractivity contribution in [2.75, 3.05) is 18.4 Å². The number of H-pyrrole nitrogens is 1. The van der Waals surface area contributed by atoms with Crippen molar-refractivity contribution in [3.8, 4) is 0 Å². The van der Waals surface area contributed by atoms with Gasteiger partial charge >= 0.3 is 0 Å². The molecule has 0 spiro atoms. The Morgan fingerprint density at radius 2 is 1.87 bits per heavy atom. The highest BCUT2D eigenvalue weighted by molar-refractivity contribution is 5.82. The average Bonchev–Trinajstić information content (AvgIpc) is 3.44. The van der Waals surface area contributed by atoms with Crippen LogP contribution in [-0.4, -0.2) is 53.5 Å². The zero-order chi connectivity index (χ0) is 21.8. The number of para-hydroxylation sites is 2. The van der Waals surface area contributed by atoms with E-state index in [1.807, 2.05) is 13.8 Å². The van der Waals surface area contributed by atoms with Gasteiger partial charge in [-0.2, -0.15) is 0 Å². The summed E-state index contributed by atoms with van der Waals surface area (Å²) < 4.78 is 2.44. The van der Waals surface area contributed by atoms with Gasteiger partial charge in [0.15, 0.2) is 11.5 Å². The molecule has 3 aromatic heterocycles. The number of aromatic amines is 1. The summed E-state index contributed by atoms with van der Waals surface area (Å²) in [6, 6.07) is 9.49. The van der Waals surface area contributed by atoms with Crippen molar-refractivity contribution in [1.82, 2.24) is 34.4 Å². The fraction of sp³-hybridized carbons (Fsp3) is 0.478. The first-order valence-corrected chi connectivity index (χ1v) is 11.3. The van der Waals surface area contributed by atoms with Crippen LogP contribution in [0.1, 0.15) is 52.4 Å². The van der Waals surface area contributed by atoms with Crippen LogP contribution in [0.2, 0.25) is 0 Å². The molecular weight excluding hydrogens is 388 g/mol. The van der Waals surface area contributed by atoms with Crippen LogP contribution in [0.5, 0.6) is 0 Å². The van der Waals surface area contributed by atoms with E-state index in [-0.39, 0.29) is 0 Å². The third-order valence-corrected chi connectivity index (χ3v) is 5.90. The molecule has 164 valence electrons. The van der Waals surface area contributed by atoms with Gasteiger partial charge in [-0.3, -0.25) is 0 Å². The van der Waals surface area contributed by atoms with Crippen LogP contribution in [0.3, 0.4) is 0 Å². The minimum absolute atomic E-state index is 0.465. The first-order valence-electron chi connectivity index (χ1n) is 11.3. The number of hydrogen-bond donors (Lipinski definition) is 2. The molecule has 4 heterocycles. The molecule has 2 N–H and O–H groups in total. The standard InChI is InChI=1S/C21H26N8.C2H6/c1-14(2)28-9-7-15(8-10-28)29-17-6-4-3-5-16(17)27-18(29)11-22-20-19-21(24-12-23-19)26-13-25-20;1-2/h3-6,12-15H,7-11H2,1-2H3,(H2,22,23,24,25,26);1-2H3. The van der Waals surface area contributed by atoms with Crippen molar-refractivity contribution in [2.45, 2.75) is 59.2 Å². The molecule has 5 rings (SSSR count). The van der Waals surface area contributed by atoms with Crippen LogP contribution in [0.15, 0.2) is 36.9 Å². The van der Waals surface area contributed by atoms with Gasteiger partial charge in [0.25, 0.3) is 0 Å². The number of benzene rings is 1. The molecule has 31 heavy (non-hydrogen) atoms. The van der Waals surface area contributed by atoms with E-state index in [2.05, 4.69) is 72.8 Å². The SMILES string of the molecule is CC.CC(C)N1CCC(n2c(CNc3ncnc4nc[nH]c34)nc3ccccc32)CC1. The normalized spacial score (nSPS) is 15.4. The van der Waals surface area contributed by atoms with Gasteiger partial charge in [0.2, 0.25) is 0 Å². The number of nitrogens with zero attached hydrogens (tertiary/aromatic N) is 6. The molecule has 1 fully saturated rings. The number of piperidine rings is 1. The van der Waals surface area contributed by atoms with Crippen LogP contribution in [-0.2, 0) is 6.54 Å². The Kier molecular flexibility index (Phi) is 6.46. The topological polar surface area (TPSA) is 87.5 Å². The molecule has 1 aliphatic heterocycles. The molecule has 0 radical (unpaired) electrons. The smallest absolute Gasteiger partial charge is 0.182 e. The Hall–Kier alpha value is -3.00. The molecule has 0 saturated carbocycles. The summed E-state index contributed by atoms with van der Waals surface area (Å²) in [5.74, 6) is 1.79. The predicted octanol–water partition coefficient (Wildman–Crippen LogP) is 4.39. The van der Waals surface area contributed by atoms with E-state index in [4.69, 9.17) is 4.98 Å². The molecule has 8 nitrogen and oxygen atoms in total. The van der Waals surface area contributed by atoms with Crippen LogP contribution in [0.25, 0.3) is 22.2 Å². The van der Waals surface area contributed by atoms with E-state index in [0.717, 1.165) is 48.6 Å². The van der Waals surface area contributed by atoms with Gasteiger partial charge in [-0.25, -0.2) is 19.9 Å². The molecule has 0 aliphatic carbocycles. The van der Waals surface area contributed by atoms with Gasteiger partial charge in [-0.05, 0) is 38.8 Å². The highest BCUT2D eigenvalue weighted by atomic mass is 15.2. The minimum Gasteiger partial charge on any atom is -0.361 e. The lowest BCUT2D eigenvalue weighted by Gasteiger charge is -2.35. The summed E-state index contributed by atoms with van der Waals surface area (Å²) in [5, 5.41) is 3.44. The van der Waals surface area contributed by atoms with E-state index < -0.39 is 0 Å². The Balaban J connectivity index is 0.00000112. The Bertz CT molecular complexity index is 1120. The quantitative estimate of drug-likeness (QED) is 0.498. The zero-order valence-electron chi connectivity index (χ0n) is 18.8. The third kappa shape index (κ3) is 4.25. The molecule has 0 unspecified atom stereocenters. The molecule has 1 saturated heterocycles. The van der Waals surface area contributed by atoms with Crippen molar-refractivity contribution < 1.29 is 0 Å². The lowest BCUT2D eigenvalue weighted by Crippen LogP contribution is -2.39. The van der Waals surface area contributed by atoms with Gasteiger partial charge in [0, 0.05) is 25.2 Å². The molecule has 1 aliphatic rings. The second-order valence-corrected chi connectivity index (χ2v) is 7.92. The number of nitrogens with one attached hydrogen (secondary N) is 2. The molecule has 8 heteroatoms. The maximum Gasteiger partial charge on any atom is 0.182 e. The molecule has 1 aromatic carbocycles. The van der Waals surface area contributed by atoms with Gasteiger partial charge in [0.05, 0.1) is 23.9 Å². The Morgan fingerprint density at radius 1 is 1.10 bits per heavy atom. The number of hydrogen-bond acceptors (Lipinski definition) is 6. The summed E-state index contributed by atoms with van der Waals surface area (Å²) in [6.45, 7) is 11.4. The number of likely N-dealkylation sites (tertiary alicyclic amines) is 1. The number of fused-ring (bicyclic) bond motifs is 2. The summed E-state index contributed by atoms with van der Waals surface area (Å²) in [7, 11) is 0. The minimum atomic E-state index is 0.465. The highest BCUT2D eigenvalue weighted by Gasteiger charge is 2.25.